The van der Waals surface area contributed by atoms with Gasteiger partial charge in [0.2, 0.25) is 5.89 Å². The molecule has 6 heteroatoms. The number of rotatable bonds is 4. The fourth-order valence-electron chi connectivity index (χ4n) is 1.70. The molecule has 0 aliphatic carbocycles. The zero-order valence-electron chi connectivity index (χ0n) is 8.35. The van der Waals surface area contributed by atoms with Crippen LogP contribution in [0.4, 0.5) is 0 Å². The highest BCUT2D eigenvalue weighted by atomic mass is 16.5. The number of nitrogens with zero attached hydrogens (tertiary/aromatic N) is 3. The average molecular weight is 211 g/mol. The Bertz CT molecular complexity index is 344. The largest absolute Gasteiger partial charge is 0.475 e. The van der Waals surface area contributed by atoms with Gasteiger partial charge in [-0.2, -0.15) is 4.98 Å². The number of carboxylic acid groups (broad SMARTS) is 1. The van der Waals surface area contributed by atoms with E-state index in [-0.39, 0.29) is 5.82 Å². The lowest BCUT2D eigenvalue weighted by molar-refractivity contribution is 0.0680. The summed E-state index contributed by atoms with van der Waals surface area (Å²) < 4.78 is 4.82. The lowest BCUT2D eigenvalue weighted by Gasteiger charge is -2.11. The first-order valence-electron chi connectivity index (χ1n) is 5.04. The molecule has 0 radical (unpaired) electrons. The van der Waals surface area contributed by atoms with Gasteiger partial charge in [0.05, 0.1) is 0 Å². The van der Waals surface area contributed by atoms with Gasteiger partial charge in [-0.25, -0.2) is 4.79 Å². The summed E-state index contributed by atoms with van der Waals surface area (Å²) in [5, 5.41) is 11.9. The molecule has 0 amide bonds. The fourth-order valence-corrected chi connectivity index (χ4v) is 1.70. The van der Waals surface area contributed by atoms with E-state index in [1.54, 1.807) is 0 Å². The molecule has 2 rings (SSSR count). The maximum Gasteiger partial charge on any atom is 0.377 e. The number of hydrogen-bond acceptors (Lipinski definition) is 5. The Balaban J connectivity index is 1.84. The van der Waals surface area contributed by atoms with Crippen LogP contribution in [0.3, 0.4) is 0 Å². The topological polar surface area (TPSA) is 79.5 Å². The Morgan fingerprint density at radius 2 is 2.20 bits per heavy atom. The second-order valence-electron chi connectivity index (χ2n) is 3.62. The summed E-state index contributed by atoms with van der Waals surface area (Å²) in [6, 6.07) is 0. The lowest BCUT2D eigenvalue weighted by Crippen LogP contribution is -2.22. The van der Waals surface area contributed by atoms with E-state index in [1.165, 1.54) is 12.8 Å². The predicted octanol–water partition coefficient (Wildman–Crippen LogP) is 0.406. The molecular formula is C9H13N3O3. The van der Waals surface area contributed by atoms with Gasteiger partial charge in [0.15, 0.2) is 0 Å². The fraction of sp³-hybridized carbons (Fsp3) is 0.667. The summed E-state index contributed by atoms with van der Waals surface area (Å²) in [4.78, 5) is 16.6. The smallest absolute Gasteiger partial charge is 0.377 e. The average Bonchev–Trinajstić information content (AvgIpc) is 2.86. The monoisotopic (exact) mass is 211 g/mol. The quantitative estimate of drug-likeness (QED) is 0.776. The van der Waals surface area contributed by atoms with Gasteiger partial charge in [0, 0.05) is 13.0 Å². The van der Waals surface area contributed by atoms with Gasteiger partial charge < -0.3 is 14.5 Å². The summed E-state index contributed by atoms with van der Waals surface area (Å²) in [5.74, 6) is -1.00. The minimum Gasteiger partial charge on any atom is -0.475 e. The maximum atomic E-state index is 10.5. The molecule has 1 aliphatic heterocycles. The molecule has 1 aromatic heterocycles. The third-order valence-electron chi connectivity index (χ3n) is 2.50. The molecule has 6 nitrogen and oxygen atoms in total. The lowest BCUT2D eigenvalue weighted by atomic mass is 10.4. The van der Waals surface area contributed by atoms with Crippen molar-refractivity contribution in [3.8, 4) is 0 Å². The highest BCUT2D eigenvalue weighted by Gasteiger charge is 2.15. The molecule has 0 spiro atoms. The molecule has 1 aromatic rings. The van der Waals surface area contributed by atoms with Crippen LogP contribution in [0.5, 0.6) is 0 Å². The number of likely N-dealkylation sites (tertiary alicyclic amines) is 1. The van der Waals surface area contributed by atoms with Crippen LogP contribution < -0.4 is 0 Å². The van der Waals surface area contributed by atoms with Crippen molar-refractivity contribution in [2.45, 2.75) is 19.3 Å². The molecule has 0 bridgehead atoms. The summed E-state index contributed by atoms with van der Waals surface area (Å²) in [7, 11) is 0. The minimum atomic E-state index is -1.15. The first-order chi connectivity index (χ1) is 7.25. The van der Waals surface area contributed by atoms with E-state index in [2.05, 4.69) is 15.0 Å². The van der Waals surface area contributed by atoms with E-state index in [4.69, 9.17) is 9.63 Å². The van der Waals surface area contributed by atoms with E-state index >= 15 is 0 Å². The van der Waals surface area contributed by atoms with Gasteiger partial charge in [0.25, 0.3) is 5.82 Å². The summed E-state index contributed by atoms with van der Waals surface area (Å²) >= 11 is 0. The maximum absolute atomic E-state index is 10.5. The molecule has 0 saturated carbocycles. The van der Waals surface area contributed by atoms with E-state index < -0.39 is 5.97 Å². The van der Waals surface area contributed by atoms with E-state index in [9.17, 15) is 4.79 Å². The molecule has 82 valence electrons. The zero-order chi connectivity index (χ0) is 10.7. The highest BCUT2D eigenvalue weighted by Crippen LogP contribution is 2.08. The van der Waals surface area contributed by atoms with Crippen molar-refractivity contribution in [1.29, 1.82) is 0 Å². The number of aromatic nitrogens is 2. The Labute approximate surface area is 86.9 Å². The molecule has 15 heavy (non-hydrogen) atoms. The van der Waals surface area contributed by atoms with Crippen molar-refractivity contribution in [3.05, 3.63) is 11.7 Å². The van der Waals surface area contributed by atoms with Gasteiger partial charge in [-0.15, -0.1) is 0 Å². The van der Waals surface area contributed by atoms with Crippen molar-refractivity contribution in [1.82, 2.24) is 15.0 Å². The summed E-state index contributed by atoms with van der Waals surface area (Å²) in [6.07, 6.45) is 3.11. The highest BCUT2D eigenvalue weighted by molar-refractivity contribution is 5.82. The third-order valence-corrected chi connectivity index (χ3v) is 2.50. The van der Waals surface area contributed by atoms with Gasteiger partial charge in [-0.3, -0.25) is 0 Å². The molecule has 2 heterocycles. The van der Waals surface area contributed by atoms with Crippen LogP contribution >= 0.6 is 0 Å². The van der Waals surface area contributed by atoms with Crippen molar-refractivity contribution >= 4 is 5.97 Å². The number of aromatic carboxylic acids is 1. The molecule has 1 N–H and O–H groups in total. The first kappa shape index (κ1) is 10.1. The molecule has 1 fully saturated rings. The third kappa shape index (κ3) is 2.53. The van der Waals surface area contributed by atoms with Crippen molar-refractivity contribution in [2.75, 3.05) is 19.6 Å². The molecule has 1 aliphatic rings. The van der Waals surface area contributed by atoms with E-state index in [0.717, 1.165) is 19.6 Å². The SMILES string of the molecule is O=C(O)c1noc(CCN2CCCC2)n1. The number of hydrogen-bond donors (Lipinski definition) is 1. The van der Waals surface area contributed by atoms with E-state index in [1.807, 2.05) is 0 Å². The van der Waals surface area contributed by atoms with Crippen LogP contribution in [0.1, 0.15) is 29.4 Å². The van der Waals surface area contributed by atoms with Crippen LogP contribution in [0.2, 0.25) is 0 Å². The molecule has 0 unspecified atom stereocenters. The van der Waals surface area contributed by atoms with Gasteiger partial charge in [-0.05, 0) is 31.1 Å². The van der Waals surface area contributed by atoms with Crippen molar-refractivity contribution in [3.63, 3.8) is 0 Å². The predicted molar refractivity (Wildman–Crippen MR) is 50.6 cm³/mol. The Kier molecular flexibility index (Phi) is 2.96. The van der Waals surface area contributed by atoms with Crippen LogP contribution in [0.15, 0.2) is 4.52 Å². The Morgan fingerprint density at radius 1 is 1.47 bits per heavy atom. The van der Waals surface area contributed by atoms with Gasteiger partial charge in [0.1, 0.15) is 0 Å². The molecule has 0 atom stereocenters. The van der Waals surface area contributed by atoms with Crippen LogP contribution in [0.25, 0.3) is 0 Å². The van der Waals surface area contributed by atoms with Crippen LogP contribution in [-0.2, 0) is 6.42 Å². The van der Waals surface area contributed by atoms with Crippen LogP contribution in [-0.4, -0.2) is 45.8 Å². The van der Waals surface area contributed by atoms with Crippen LogP contribution in [0, 0.1) is 0 Å². The molecule has 0 aromatic carbocycles. The van der Waals surface area contributed by atoms with E-state index in [0.29, 0.717) is 12.3 Å². The molecular weight excluding hydrogens is 198 g/mol. The standard InChI is InChI=1S/C9H13N3O3/c13-9(14)8-10-7(15-11-8)3-6-12-4-1-2-5-12/h1-6H2,(H,13,14). The minimum absolute atomic E-state index is 0.258. The second-order valence-corrected chi connectivity index (χ2v) is 3.62. The number of carboxylic acids is 1. The zero-order valence-corrected chi connectivity index (χ0v) is 8.35. The van der Waals surface area contributed by atoms with Gasteiger partial charge in [-0.1, -0.05) is 0 Å². The summed E-state index contributed by atoms with van der Waals surface area (Å²) in [6.45, 7) is 3.08. The normalized spacial score (nSPS) is 17.1. The van der Waals surface area contributed by atoms with Crippen molar-refractivity contribution < 1.29 is 14.4 Å². The first-order valence-corrected chi connectivity index (χ1v) is 5.04. The second kappa shape index (κ2) is 4.39. The van der Waals surface area contributed by atoms with Gasteiger partial charge >= 0.3 is 5.97 Å². The Morgan fingerprint density at radius 3 is 2.80 bits per heavy atom. The Hall–Kier alpha value is -1.43. The number of carbonyl (C=O) groups is 1. The van der Waals surface area contributed by atoms with Crippen molar-refractivity contribution in [2.24, 2.45) is 0 Å². The summed E-state index contributed by atoms with van der Waals surface area (Å²) in [5.41, 5.74) is 0. The molecule has 1 saturated heterocycles.